The summed E-state index contributed by atoms with van der Waals surface area (Å²) in [7, 11) is 2.25. The van der Waals surface area contributed by atoms with Crippen molar-refractivity contribution in [2.75, 3.05) is 28.4 Å². The highest BCUT2D eigenvalue weighted by Gasteiger charge is 2.35. The van der Waals surface area contributed by atoms with E-state index in [0.29, 0.717) is 0 Å². The van der Waals surface area contributed by atoms with Crippen LogP contribution in [0.15, 0.2) is 24.6 Å². The lowest BCUT2D eigenvalue weighted by Gasteiger charge is -2.27. The molecular formula is C11H24O4Si2. The molecule has 0 rings (SSSR count). The summed E-state index contributed by atoms with van der Waals surface area (Å²) >= 11 is 0. The smallest absolute Gasteiger partial charge is 0.363 e. The van der Waals surface area contributed by atoms with Crippen molar-refractivity contribution in [3.05, 3.63) is 24.6 Å². The van der Waals surface area contributed by atoms with Crippen LogP contribution in [-0.4, -0.2) is 45.6 Å². The number of hydrogen-bond acceptors (Lipinski definition) is 4. The second kappa shape index (κ2) is 7.96. The van der Waals surface area contributed by atoms with Crippen LogP contribution in [0.2, 0.25) is 12.1 Å². The van der Waals surface area contributed by atoms with E-state index in [-0.39, 0.29) is 0 Å². The van der Waals surface area contributed by atoms with E-state index in [1.54, 1.807) is 28.4 Å². The van der Waals surface area contributed by atoms with Crippen LogP contribution in [-0.2, 0) is 17.7 Å². The molecule has 6 heteroatoms. The molecule has 0 aliphatic rings. The van der Waals surface area contributed by atoms with E-state index in [0.717, 1.165) is 18.5 Å². The normalized spacial score (nSPS) is 12.5. The monoisotopic (exact) mass is 276 g/mol. The second-order valence-electron chi connectivity index (χ2n) is 3.70. The third kappa shape index (κ3) is 4.49. The Morgan fingerprint density at radius 1 is 0.765 bits per heavy atom. The molecular weight excluding hydrogens is 252 g/mol. The summed E-state index contributed by atoms with van der Waals surface area (Å²) in [6.45, 7) is 7.58. The van der Waals surface area contributed by atoms with Crippen molar-refractivity contribution in [3.8, 4) is 0 Å². The summed E-state index contributed by atoms with van der Waals surface area (Å²) in [5.41, 5.74) is 3.62. The molecule has 0 aromatic heterocycles. The predicted octanol–water partition coefficient (Wildman–Crippen LogP) is 2.30. The molecule has 0 N–H and O–H groups in total. The molecule has 0 atom stereocenters. The maximum atomic E-state index is 5.46. The average Bonchev–Trinajstić information content (AvgIpc) is 2.41. The standard InChI is InChI=1S/C11H24O4Si2/c1-7-16(12-3,13-4)10-9-11-17(8-2,14-5)15-6/h7-8H,1-2,9-11H2,3-6H3. The first-order chi connectivity index (χ1) is 8.07. The van der Waals surface area contributed by atoms with Crippen molar-refractivity contribution in [3.63, 3.8) is 0 Å². The van der Waals surface area contributed by atoms with Gasteiger partial charge in [0.25, 0.3) is 0 Å². The van der Waals surface area contributed by atoms with Crippen LogP contribution >= 0.6 is 0 Å². The molecule has 0 aromatic carbocycles. The maximum absolute atomic E-state index is 5.46. The molecule has 0 aromatic rings. The van der Waals surface area contributed by atoms with Gasteiger partial charge in [-0.1, -0.05) is 0 Å². The molecule has 0 bridgehead atoms. The van der Waals surface area contributed by atoms with Gasteiger partial charge in [0.15, 0.2) is 0 Å². The summed E-state index contributed by atoms with van der Waals surface area (Å²) < 4.78 is 21.8. The fraction of sp³-hybridized carbons (Fsp3) is 0.636. The van der Waals surface area contributed by atoms with Crippen molar-refractivity contribution >= 4 is 17.1 Å². The first-order valence-electron chi connectivity index (χ1n) is 5.55. The Labute approximate surface area is 107 Å². The molecule has 0 heterocycles. The predicted molar refractivity (Wildman–Crippen MR) is 74.2 cm³/mol. The zero-order valence-corrected chi connectivity index (χ0v) is 13.3. The first kappa shape index (κ1) is 16.8. The Morgan fingerprint density at radius 3 is 1.24 bits per heavy atom. The molecule has 0 saturated carbocycles. The first-order valence-corrected chi connectivity index (χ1v) is 9.75. The summed E-state index contributed by atoms with van der Waals surface area (Å²) in [4.78, 5) is 0. The van der Waals surface area contributed by atoms with Crippen molar-refractivity contribution in [2.45, 2.75) is 18.5 Å². The zero-order chi connectivity index (χ0) is 13.4. The minimum atomic E-state index is -2.21. The van der Waals surface area contributed by atoms with Crippen LogP contribution in [0.4, 0.5) is 0 Å². The average molecular weight is 276 g/mol. The molecule has 17 heavy (non-hydrogen) atoms. The van der Waals surface area contributed by atoms with Gasteiger partial charge in [-0.15, -0.1) is 13.2 Å². The van der Waals surface area contributed by atoms with Crippen LogP contribution in [0, 0.1) is 0 Å². The Balaban J connectivity index is 4.37. The maximum Gasteiger partial charge on any atom is 0.363 e. The van der Waals surface area contributed by atoms with Crippen LogP contribution in [0.1, 0.15) is 6.42 Å². The zero-order valence-electron chi connectivity index (χ0n) is 11.3. The van der Waals surface area contributed by atoms with E-state index >= 15 is 0 Å². The molecule has 0 aliphatic heterocycles. The van der Waals surface area contributed by atoms with Gasteiger partial charge < -0.3 is 17.7 Å². The molecule has 0 spiro atoms. The van der Waals surface area contributed by atoms with Crippen LogP contribution in [0.5, 0.6) is 0 Å². The summed E-state index contributed by atoms with van der Waals surface area (Å²) in [6, 6.07) is 1.69. The van der Waals surface area contributed by atoms with Gasteiger partial charge in [0, 0.05) is 28.4 Å². The number of rotatable bonds is 10. The highest BCUT2D eigenvalue weighted by Crippen LogP contribution is 2.22. The molecule has 4 nitrogen and oxygen atoms in total. The fourth-order valence-electron chi connectivity index (χ4n) is 1.69. The van der Waals surface area contributed by atoms with Crippen LogP contribution < -0.4 is 0 Å². The van der Waals surface area contributed by atoms with E-state index in [2.05, 4.69) is 13.2 Å². The largest absolute Gasteiger partial charge is 0.395 e. The summed E-state index contributed by atoms with van der Waals surface area (Å²) in [6.07, 6.45) is 0.917. The van der Waals surface area contributed by atoms with Gasteiger partial charge >= 0.3 is 17.1 Å². The van der Waals surface area contributed by atoms with Crippen molar-refractivity contribution in [1.82, 2.24) is 0 Å². The van der Waals surface area contributed by atoms with Gasteiger partial charge in [0.2, 0.25) is 0 Å². The lowest BCUT2D eigenvalue weighted by Crippen LogP contribution is -2.41. The molecule has 100 valence electrons. The Kier molecular flexibility index (Phi) is 7.85. The molecule has 0 unspecified atom stereocenters. The van der Waals surface area contributed by atoms with Crippen LogP contribution in [0.3, 0.4) is 0 Å². The van der Waals surface area contributed by atoms with Gasteiger partial charge in [-0.3, -0.25) is 0 Å². The van der Waals surface area contributed by atoms with E-state index in [4.69, 9.17) is 17.7 Å². The lowest BCUT2D eigenvalue weighted by molar-refractivity contribution is 0.247. The second-order valence-corrected chi connectivity index (χ2v) is 10.4. The Bertz CT molecular complexity index is 214. The van der Waals surface area contributed by atoms with Crippen molar-refractivity contribution in [2.24, 2.45) is 0 Å². The van der Waals surface area contributed by atoms with Crippen LogP contribution in [0.25, 0.3) is 0 Å². The van der Waals surface area contributed by atoms with E-state index < -0.39 is 17.1 Å². The minimum Gasteiger partial charge on any atom is -0.395 e. The lowest BCUT2D eigenvalue weighted by atomic mass is 10.6. The minimum absolute atomic E-state index is 0.846. The van der Waals surface area contributed by atoms with Gasteiger partial charge in [0.05, 0.1) is 0 Å². The highest BCUT2D eigenvalue weighted by molar-refractivity contribution is 6.74. The van der Waals surface area contributed by atoms with Crippen molar-refractivity contribution in [1.29, 1.82) is 0 Å². The van der Waals surface area contributed by atoms with Crippen molar-refractivity contribution < 1.29 is 17.7 Å². The fourth-order valence-corrected chi connectivity index (χ4v) is 5.61. The van der Waals surface area contributed by atoms with Gasteiger partial charge in [-0.25, -0.2) is 0 Å². The Morgan fingerprint density at radius 2 is 1.06 bits per heavy atom. The van der Waals surface area contributed by atoms with Gasteiger partial charge in [-0.05, 0) is 29.9 Å². The topological polar surface area (TPSA) is 36.9 Å². The van der Waals surface area contributed by atoms with Gasteiger partial charge in [-0.2, -0.15) is 0 Å². The van der Waals surface area contributed by atoms with E-state index in [9.17, 15) is 0 Å². The van der Waals surface area contributed by atoms with E-state index in [1.807, 2.05) is 11.4 Å². The summed E-state index contributed by atoms with van der Waals surface area (Å²) in [5, 5.41) is 0. The Hall–Kier alpha value is -0.246. The molecule has 0 aliphatic carbocycles. The SMILES string of the molecule is C=C[Si](CCC[Si](C=C)(OC)OC)(OC)OC. The number of hydrogen-bond donors (Lipinski definition) is 0. The molecule has 0 radical (unpaired) electrons. The quantitative estimate of drug-likeness (QED) is 0.574. The molecule has 0 amide bonds. The highest BCUT2D eigenvalue weighted by atomic mass is 28.4. The third-order valence-electron chi connectivity index (χ3n) is 3.05. The summed E-state index contributed by atoms with van der Waals surface area (Å²) in [5.74, 6) is 0. The molecule has 0 saturated heterocycles. The molecule has 0 fully saturated rings. The van der Waals surface area contributed by atoms with Gasteiger partial charge in [0.1, 0.15) is 0 Å². The third-order valence-corrected chi connectivity index (χ3v) is 9.16. The van der Waals surface area contributed by atoms with E-state index in [1.165, 1.54) is 0 Å².